The Kier molecular flexibility index (Phi) is 4.39. The SMILES string of the molecule is Cc1cc(C)nc(NC2N=CC(O)N2c2ccc(Cl)c(Cl)c2)n1. The maximum Gasteiger partial charge on any atom is 0.226 e. The van der Waals surface area contributed by atoms with Gasteiger partial charge in [-0.1, -0.05) is 23.2 Å². The number of aryl methyl sites for hydroxylation is 2. The maximum absolute atomic E-state index is 10.2. The monoisotopic (exact) mass is 351 g/mol. The molecule has 0 bridgehead atoms. The van der Waals surface area contributed by atoms with Crippen LogP contribution in [0.4, 0.5) is 11.6 Å². The molecule has 1 aromatic carbocycles. The zero-order valence-electron chi connectivity index (χ0n) is 12.5. The number of nitrogens with zero attached hydrogens (tertiary/aromatic N) is 4. The molecule has 0 aliphatic carbocycles. The van der Waals surface area contributed by atoms with Crippen LogP contribution in [0.15, 0.2) is 29.3 Å². The van der Waals surface area contributed by atoms with E-state index in [2.05, 4.69) is 20.3 Å². The Morgan fingerprint density at radius 2 is 1.78 bits per heavy atom. The van der Waals surface area contributed by atoms with Crippen molar-refractivity contribution in [3.63, 3.8) is 0 Å². The highest BCUT2D eigenvalue weighted by atomic mass is 35.5. The lowest BCUT2D eigenvalue weighted by molar-refractivity contribution is 0.241. The molecule has 1 aliphatic rings. The van der Waals surface area contributed by atoms with Crippen LogP contribution in [0.3, 0.4) is 0 Å². The summed E-state index contributed by atoms with van der Waals surface area (Å²) in [5.74, 6) is 0.448. The number of aromatic nitrogens is 2. The van der Waals surface area contributed by atoms with Crippen molar-refractivity contribution in [1.29, 1.82) is 0 Å². The smallest absolute Gasteiger partial charge is 0.226 e. The van der Waals surface area contributed by atoms with Crippen molar-refractivity contribution in [2.24, 2.45) is 4.99 Å². The second kappa shape index (κ2) is 6.31. The Hall–Kier alpha value is -1.89. The molecular formula is C15H15Cl2N5O. The van der Waals surface area contributed by atoms with Gasteiger partial charge in [0.25, 0.3) is 0 Å². The normalized spacial score (nSPS) is 20.1. The van der Waals surface area contributed by atoms with Crippen LogP contribution >= 0.6 is 23.2 Å². The molecule has 0 spiro atoms. The van der Waals surface area contributed by atoms with Crippen LogP contribution in [0.5, 0.6) is 0 Å². The third kappa shape index (κ3) is 3.39. The highest BCUT2D eigenvalue weighted by Gasteiger charge is 2.29. The van der Waals surface area contributed by atoms with Gasteiger partial charge in [-0.3, -0.25) is 0 Å². The molecule has 0 fully saturated rings. The molecule has 1 aromatic heterocycles. The molecule has 3 rings (SSSR count). The fourth-order valence-corrected chi connectivity index (χ4v) is 2.69. The Morgan fingerprint density at radius 3 is 2.43 bits per heavy atom. The summed E-state index contributed by atoms with van der Waals surface area (Å²) >= 11 is 12.0. The lowest BCUT2D eigenvalue weighted by atomic mass is 10.3. The van der Waals surface area contributed by atoms with E-state index in [1.807, 2.05) is 19.9 Å². The molecule has 2 unspecified atom stereocenters. The van der Waals surface area contributed by atoms with Crippen LogP contribution in [0.2, 0.25) is 10.0 Å². The van der Waals surface area contributed by atoms with Crippen LogP contribution in [0, 0.1) is 13.8 Å². The summed E-state index contributed by atoms with van der Waals surface area (Å²) in [5.41, 5.74) is 2.39. The number of rotatable bonds is 3. The van der Waals surface area contributed by atoms with Crippen molar-refractivity contribution in [2.45, 2.75) is 26.4 Å². The predicted octanol–water partition coefficient (Wildman–Crippen LogP) is 3.01. The van der Waals surface area contributed by atoms with E-state index in [1.165, 1.54) is 6.21 Å². The fraction of sp³-hybridized carbons (Fsp3) is 0.267. The van der Waals surface area contributed by atoms with Crippen molar-refractivity contribution >= 4 is 41.1 Å². The minimum absolute atomic E-state index is 0.407. The van der Waals surface area contributed by atoms with Crippen LogP contribution in [0.1, 0.15) is 11.4 Å². The minimum Gasteiger partial charge on any atom is -0.368 e. The number of halogens is 2. The van der Waals surface area contributed by atoms with Crippen molar-refractivity contribution < 1.29 is 5.11 Å². The van der Waals surface area contributed by atoms with Gasteiger partial charge >= 0.3 is 0 Å². The molecule has 120 valence electrons. The average molecular weight is 352 g/mol. The first-order valence-corrected chi connectivity index (χ1v) is 7.73. The van der Waals surface area contributed by atoms with Gasteiger partial charge in [0.15, 0.2) is 6.23 Å². The first-order valence-electron chi connectivity index (χ1n) is 6.97. The number of nitrogens with one attached hydrogen (secondary N) is 1. The Morgan fingerprint density at radius 1 is 1.09 bits per heavy atom. The molecular weight excluding hydrogens is 337 g/mol. The highest BCUT2D eigenvalue weighted by molar-refractivity contribution is 6.42. The quantitative estimate of drug-likeness (QED) is 0.888. The molecule has 2 atom stereocenters. The molecule has 6 nitrogen and oxygen atoms in total. The number of aliphatic hydroxyl groups excluding tert-OH is 1. The van der Waals surface area contributed by atoms with E-state index in [-0.39, 0.29) is 0 Å². The molecule has 2 heterocycles. The first-order chi connectivity index (χ1) is 10.9. The standard InChI is InChI=1S/C15H15Cl2N5O/c1-8-5-9(2)20-14(19-8)21-15-18-7-13(23)22(15)10-3-4-11(16)12(17)6-10/h3-7,13,15,23H,1-2H3,(H,19,20,21). The first kappa shape index (κ1) is 16.0. The van der Waals surface area contributed by atoms with Gasteiger partial charge < -0.3 is 15.3 Å². The lowest BCUT2D eigenvalue weighted by Crippen LogP contribution is -2.42. The van der Waals surface area contributed by atoms with E-state index in [4.69, 9.17) is 23.2 Å². The van der Waals surface area contributed by atoms with Gasteiger partial charge in [0.05, 0.1) is 16.3 Å². The number of anilines is 2. The molecule has 0 saturated heterocycles. The molecule has 0 amide bonds. The Bertz CT molecular complexity index is 747. The van der Waals surface area contributed by atoms with E-state index < -0.39 is 12.5 Å². The predicted molar refractivity (Wildman–Crippen MR) is 92.4 cm³/mol. The van der Waals surface area contributed by atoms with E-state index >= 15 is 0 Å². The number of benzene rings is 1. The van der Waals surface area contributed by atoms with Gasteiger partial charge in [-0.05, 0) is 38.1 Å². The van der Waals surface area contributed by atoms with Crippen LogP contribution < -0.4 is 10.2 Å². The van der Waals surface area contributed by atoms with Gasteiger partial charge in [0.2, 0.25) is 12.2 Å². The largest absolute Gasteiger partial charge is 0.368 e. The third-order valence-electron chi connectivity index (χ3n) is 3.35. The van der Waals surface area contributed by atoms with E-state index in [1.54, 1.807) is 23.1 Å². The maximum atomic E-state index is 10.2. The topological polar surface area (TPSA) is 73.6 Å². The van der Waals surface area contributed by atoms with Crippen molar-refractivity contribution in [3.05, 3.63) is 45.7 Å². The summed E-state index contributed by atoms with van der Waals surface area (Å²) < 4.78 is 0. The molecule has 0 saturated carbocycles. The summed E-state index contributed by atoms with van der Waals surface area (Å²) in [4.78, 5) is 14.6. The Labute approximate surface area is 143 Å². The molecule has 23 heavy (non-hydrogen) atoms. The third-order valence-corrected chi connectivity index (χ3v) is 4.09. The molecule has 1 aliphatic heterocycles. The summed E-state index contributed by atoms with van der Waals surface area (Å²) in [6.45, 7) is 3.78. The second-order valence-electron chi connectivity index (χ2n) is 5.21. The highest BCUT2D eigenvalue weighted by Crippen LogP contribution is 2.30. The summed E-state index contributed by atoms with van der Waals surface area (Å²) in [5, 5.41) is 14.1. The molecule has 8 heteroatoms. The number of aliphatic imine (C=N–C) groups is 1. The summed E-state index contributed by atoms with van der Waals surface area (Å²) in [7, 11) is 0. The van der Waals surface area contributed by atoms with Crippen LogP contribution in [-0.4, -0.2) is 33.8 Å². The van der Waals surface area contributed by atoms with Gasteiger partial charge in [0.1, 0.15) is 0 Å². The number of hydrogen-bond acceptors (Lipinski definition) is 6. The summed E-state index contributed by atoms with van der Waals surface area (Å²) in [6, 6.07) is 7.01. The van der Waals surface area contributed by atoms with E-state index in [0.717, 1.165) is 11.4 Å². The summed E-state index contributed by atoms with van der Waals surface area (Å²) in [6.07, 6.45) is 0.0297. The molecule has 2 N–H and O–H groups in total. The van der Waals surface area contributed by atoms with Crippen molar-refractivity contribution in [3.8, 4) is 0 Å². The van der Waals surface area contributed by atoms with Crippen LogP contribution in [-0.2, 0) is 0 Å². The lowest BCUT2D eigenvalue weighted by Gasteiger charge is -2.28. The van der Waals surface area contributed by atoms with Gasteiger partial charge in [-0.2, -0.15) is 0 Å². The fourth-order valence-electron chi connectivity index (χ4n) is 2.40. The zero-order chi connectivity index (χ0) is 16.6. The van der Waals surface area contributed by atoms with Crippen molar-refractivity contribution in [2.75, 3.05) is 10.2 Å². The molecule has 0 radical (unpaired) electrons. The van der Waals surface area contributed by atoms with Gasteiger partial charge in [-0.25, -0.2) is 15.0 Å². The number of hydrogen-bond donors (Lipinski definition) is 2. The number of aliphatic hydroxyl groups is 1. The van der Waals surface area contributed by atoms with Crippen LogP contribution in [0.25, 0.3) is 0 Å². The average Bonchev–Trinajstić information content (AvgIpc) is 2.82. The van der Waals surface area contributed by atoms with Gasteiger partial charge in [-0.15, -0.1) is 0 Å². The van der Waals surface area contributed by atoms with Gasteiger partial charge in [0, 0.05) is 17.1 Å². The van der Waals surface area contributed by atoms with E-state index in [9.17, 15) is 5.11 Å². The minimum atomic E-state index is -0.879. The zero-order valence-corrected chi connectivity index (χ0v) is 14.0. The molecule has 2 aromatic rings. The second-order valence-corrected chi connectivity index (χ2v) is 6.02. The van der Waals surface area contributed by atoms with Crippen molar-refractivity contribution in [1.82, 2.24) is 9.97 Å². The van der Waals surface area contributed by atoms with E-state index in [0.29, 0.717) is 21.7 Å². The Balaban J connectivity index is 1.88.